The summed E-state index contributed by atoms with van der Waals surface area (Å²) in [6.45, 7) is 13.4. The van der Waals surface area contributed by atoms with E-state index in [1.165, 1.54) is 0 Å². The van der Waals surface area contributed by atoms with Gasteiger partial charge < -0.3 is 39.6 Å². The topological polar surface area (TPSA) is 182 Å². The summed E-state index contributed by atoms with van der Waals surface area (Å²) in [4.78, 5) is 39.2. The van der Waals surface area contributed by atoms with Crippen LogP contribution in [0.3, 0.4) is 0 Å². The molecule has 3 amide bonds. The van der Waals surface area contributed by atoms with E-state index in [-0.39, 0.29) is 38.6 Å². The van der Waals surface area contributed by atoms with Crippen LogP contribution in [0.4, 0.5) is 9.59 Å². The fraction of sp³-hybridized carbons (Fsp3) is 0.870. The number of azide groups is 1. The van der Waals surface area contributed by atoms with Gasteiger partial charge in [-0.15, -0.1) is 0 Å². The third-order valence-electron chi connectivity index (χ3n) is 4.03. The van der Waals surface area contributed by atoms with E-state index in [2.05, 4.69) is 26.0 Å². The monoisotopic (exact) mass is 532 g/mol. The lowest BCUT2D eigenvalue weighted by Crippen LogP contribution is -2.49. The second-order valence-corrected chi connectivity index (χ2v) is 9.85. The van der Waals surface area contributed by atoms with Crippen molar-refractivity contribution in [1.82, 2.24) is 16.0 Å². The van der Waals surface area contributed by atoms with E-state index in [1.807, 2.05) is 0 Å². The fourth-order valence-electron chi connectivity index (χ4n) is 2.59. The van der Waals surface area contributed by atoms with Crippen molar-refractivity contribution in [1.29, 1.82) is 0 Å². The average molecular weight is 533 g/mol. The Morgan fingerprint density at radius 3 is 1.89 bits per heavy atom. The maximum absolute atomic E-state index is 12.6. The Balaban J connectivity index is 4.29. The van der Waals surface area contributed by atoms with Gasteiger partial charge in [-0.25, -0.2) is 9.59 Å². The van der Waals surface area contributed by atoms with Crippen molar-refractivity contribution in [2.24, 2.45) is 5.11 Å². The minimum Gasteiger partial charge on any atom is -0.444 e. The molecule has 1 atom stereocenters. The Kier molecular flexibility index (Phi) is 17.9. The zero-order valence-corrected chi connectivity index (χ0v) is 23.0. The second kappa shape index (κ2) is 19.3. The van der Waals surface area contributed by atoms with Crippen molar-refractivity contribution in [3.05, 3.63) is 10.4 Å². The number of carbonyl (C=O) groups is 3. The standard InChI is InChI=1S/C23H44N6O8/c1-22(2,3)36-20(31)26-9-7-8-18(28-21(32)37-23(4,5)6)19(30)25-10-12-33-14-16-35-17-15-34-13-11-27-29-24/h18H,7-17H2,1-6H3,(H,25,30)(H,26,31)(H,28,32). The van der Waals surface area contributed by atoms with Crippen LogP contribution in [0.25, 0.3) is 10.4 Å². The molecule has 14 heteroatoms. The molecule has 0 spiro atoms. The van der Waals surface area contributed by atoms with Gasteiger partial charge in [0.1, 0.15) is 17.2 Å². The summed E-state index contributed by atoms with van der Waals surface area (Å²) in [5.74, 6) is -0.388. The normalized spacial score (nSPS) is 12.2. The number of nitrogens with zero attached hydrogens (tertiary/aromatic N) is 3. The van der Waals surface area contributed by atoms with Gasteiger partial charge in [0, 0.05) is 24.5 Å². The quantitative estimate of drug-likeness (QED) is 0.104. The average Bonchev–Trinajstić information content (AvgIpc) is 2.76. The molecule has 0 rings (SSSR count). The first kappa shape index (κ1) is 34.2. The molecule has 214 valence electrons. The summed E-state index contributed by atoms with van der Waals surface area (Å²) in [6.07, 6.45) is -0.549. The van der Waals surface area contributed by atoms with Crippen LogP contribution in [-0.4, -0.2) is 94.6 Å². The van der Waals surface area contributed by atoms with E-state index in [0.29, 0.717) is 39.5 Å². The molecule has 3 N–H and O–H groups in total. The van der Waals surface area contributed by atoms with Gasteiger partial charge in [-0.1, -0.05) is 5.11 Å². The van der Waals surface area contributed by atoms with Crippen LogP contribution < -0.4 is 16.0 Å². The lowest BCUT2D eigenvalue weighted by atomic mass is 10.1. The largest absolute Gasteiger partial charge is 0.444 e. The Hall–Kier alpha value is -2.80. The molecule has 14 nitrogen and oxygen atoms in total. The number of amides is 3. The molecular formula is C23H44N6O8. The highest BCUT2D eigenvalue weighted by atomic mass is 16.6. The zero-order valence-electron chi connectivity index (χ0n) is 23.0. The molecule has 0 aromatic heterocycles. The van der Waals surface area contributed by atoms with Crippen molar-refractivity contribution >= 4 is 18.1 Å². The molecule has 1 unspecified atom stereocenters. The highest BCUT2D eigenvalue weighted by molar-refractivity contribution is 5.85. The number of hydrogen-bond acceptors (Lipinski definition) is 9. The van der Waals surface area contributed by atoms with E-state index in [1.54, 1.807) is 41.5 Å². The predicted octanol–water partition coefficient (Wildman–Crippen LogP) is 2.66. The molecule has 0 aliphatic carbocycles. The molecule has 0 aromatic rings. The highest BCUT2D eigenvalue weighted by Gasteiger charge is 2.24. The first-order valence-corrected chi connectivity index (χ1v) is 12.3. The molecule has 0 aromatic carbocycles. The van der Waals surface area contributed by atoms with Gasteiger partial charge in [0.2, 0.25) is 5.91 Å². The third-order valence-corrected chi connectivity index (χ3v) is 4.03. The summed E-state index contributed by atoms with van der Waals surface area (Å²) in [5, 5.41) is 11.3. The summed E-state index contributed by atoms with van der Waals surface area (Å²) in [7, 11) is 0. The van der Waals surface area contributed by atoms with Crippen LogP contribution >= 0.6 is 0 Å². The molecule has 0 radical (unpaired) electrons. The van der Waals surface area contributed by atoms with E-state index < -0.39 is 29.4 Å². The van der Waals surface area contributed by atoms with Crippen LogP contribution in [-0.2, 0) is 28.5 Å². The fourth-order valence-corrected chi connectivity index (χ4v) is 2.59. The van der Waals surface area contributed by atoms with Crippen LogP contribution in [0.15, 0.2) is 5.11 Å². The molecular weight excluding hydrogens is 488 g/mol. The number of ether oxygens (including phenoxy) is 5. The number of carbonyl (C=O) groups excluding carboxylic acids is 3. The van der Waals surface area contributed by atoms with Gasteiger partial charge in [-0.3, -0.25) is 4.79 Å². The molecule has 0 bridgehead atoms. The summed E-state index contributed by atoms with van der Waals surface area (Å²) in [5.41, 5.74) is 6.83. The van der Waals surface area contributed by atoms with Crippen LogP contribution in [0, 0.1) is 0 Å². The van der Waals surface area contributed by atoms with Gasteiger partial charge in [-0.2, -0.15) is 0 Å². The molecule has 0 saturated heterocycles. The van der Waals surface area contributed by atoms with Gasteiger partial charge in [0.05, 0.1) is 39.6 Å². The first-order valence-electron chi connectivity index (χ1n) is 12.3. The Morgan fingerprint density at radius 1 is 0.784 bits per heavy atom. The molecule has 0 aliphatic rings. The lowest BCUT2D eigenvalue weighted by molar-refractivity contribution is -0.123. The van der Waals surface area contributed by atoms with Crippen LogP contribution in [0.2, 0.25) is 0 Å². The Bertz CT molecular complexity index is 717. The molecule has 0 fully saturated rings. The number of hydrogen-bond donors (Lipinski definition) is 3. The molecule has 0 saturated carbocycles. The minimum absolute atomic E-state index is 0.240. The first-order chi connectivity index (χ1) is 17.3. The smallest absolute Gasteiger partial charge is 0.408 e. The van der Waals surface area contributed by atoms with Crippen molar-refractivity contribution < 1.29 is 38.1 Å². The number of nitrogens with one attached hydrogen (secondary N) is 3. The van der Waals surface area contributed by atoms with Crippen molar-refractivity contribution in [3.63, 3.8) is 0 Å². The number of alkyl carbamates (subject to hydrolysis) is 2. The Morgan fingerprint density at radius 2 is 1.32 bits per heavy atom. The second-order valence-electron chi connectivity index (χ2n) is 9.85. The van der Waals surface area contributed by atoms with Crippen LogP contribution in [0.5, 0.6) is 0 Å². The number of rotatable bonds is 18. The van der Waals surface area contributed by atoms with Crippen molar-refractivity contribution in [2.75, 3.05) is 59.3 Å². The van der Waals surface area contributed by atoms with Gasteiger partial charge in [0.15, 0.2) is 0 Å². The maximum Gasteiger partial charge on any atom is 0.408 e. The molecule has 37 heavy (non-hydrogen) atoms. The van der Waals surface area contributed by atoms with E-state index in [9.17, 15) is 14.4 Å². The summed E-state index contributed by atoms with van der Waals surface area (Å²) in [6, 6.07) is -0.850. The van der Waals surface area contributed by atoms with Crippen molar-refractivity contribution in [2.45, 2.75) is 71.6 Å². The van der Waals surface area contributed by atoms with Crippen LogP contribution in [0.1, 0.15) is 54.4 Å². The molecule has 0 aliphatic heterocycles. The predicted molar refractivity (Wildman–Crippen MR) is 136 cm³/mol. The minimum atomic E-state index is -0.850. The van der Waals surface area contributed by atoms with E-state index in [0.717, 1.165) is 0 Å². The SMILES string of the molecule is CC(C)(C)OC(=O)NCCCC(NC(=O)OC(C)(C)C)C(=O)NCCOCCOCCOCCN=[N+]=[N-]. The van der Waals surface area contributed by atoms with Gasteiger partial charge in [-0.05, 0) is 59.9 Å². The maximum atomic E-state index is 12.6. The third kappa shape index (κ3) is 23.4. The van der Waals surface area contributed by atoms with Gasteiger partial charge >= 0.3 is 12.2 Å². The van der Waals surface area contributed by atoms with E-state index in [4.69, 9.17) is 29.2 Å². The molecule has 0 heterocycles. The van der Waals surface area contributed by atoms with E-state index >= 15 is 0 Å². The van der Waals surface area contributed by atoms with Gasteiger partial charge in [0.25, 0.3) is 0 Å². The lowest BCUT2D eigenvalue weighted by Gasteiger charge is -2.23. The van der Waals surface area contributed by atoms with Crippen molar-refractivity contribution in [3.8, 4) is 0 Å². The Labute approximate surface area is 219 Å². The summed E-state index contributed by atoms with van der Waals surface area (Å²) < 4.78 is 26.4. The highest BCUT2D eigenvalue weighted by Crippen LogP contribution is 2.08. The summed E-state index contributed by atoms with van der Waals surface area (Å²) >= 11 is 0. The zero-order chi connectivity index (χ0) is 28.2.